The van der Waals surface area contributed by atoms with E-state index in [1.807, 2.05) is 6.08 Å². The lowest BCUT2D eigenvalue weighted by Gasteiger charge is -2.48. The fraction of sp³-hybridized carbons (Fsp3) is 0.878. The molecular formula is C74H135NO18. The first kappa shape index (κ1) is 85.0. The number of unbranched alkanes of at least 4 members (excludes halogenated alkanes) is 36. The highest BCUT2D eigenvalue weighted by Gasteiger charge is 2.53. The van der Waals surface area contributed by atoms with Crippen molar-refractivity contribution >= 4 is 5.91 Å². The predicted octanol–water partition coefficient (Wildman–Crippen LogP) is 10.9. The van der Waals surface area contributed by atoms with Gasteiger partial charge in [0.2, 0.25) is 5.91 Å². The summed E-state index contributed by atoms with van der Waals surface area (Å²) < 4.78 is 34.4. The van der Waals surface area contributed by atoms with Crippen molar-refractivity contribution in [3.8, 4) is 0 Å². The Morgan fingerprint density at radius 2 is 0.688 bits per heavy atom. The molecule has 0 aromatic heterocycles. The Balaban J connectivity index is 1.42. The number of amides is 1. The van der Waals surface area contributed by atoms with Crippen LogP contribution in [0.5, 0.6) is 0 Å². The van der Waals surface area contributed by atoms with E-state index in [9.17, 15) is 61.0 Å². The van der Waals surface area contributed by atoms with E-state index in [1.165, 1.54) is 193 Å². The first-order valence-electron chi connectivity index (χ1n) is 37.4. The zero-order valence-electron chi connectivity index (χ0n) is 57.7. The molecule has 3 rings (SSSR count). The summed E-state index contributed by atoms with van der Waals surface area (Å²) in [5, 5.41) is 121. The molecule has 1 amide bonds. The minimum atomic E-state index is -1.98. The van der Waals surface area contributed by atoms with Crippen molar-refractivity contribution in [1.82, 2.24) is 5.32 Å². The molecule has 0 aromatic rings. The Bertz CT molecular complexity index is 1870. The molecule has 3 aliphatic heterocycles. The van der Waals surface area contributed by atoms with Gasteiger partial charge in [0.25, 0.3) is 0 Å². The molecule has 0 saturated carbocycles. The average Bonchev–Trinajstić information content (AvgIpc) is 0.996. The van der Waals surface area contributed by atoms with Gasteiger partial charge in [-0.2, -0.15) is 0 Å². The summed E-state index contributed by atoms with van der Waals surface area (Å²) in [4.78, 5) is 13.4. The van der Waals surface area contributed by atoms with Gasteiger partial charge in [-0.1, -0.05) is 255 Å². The van der Waals surface area contributed by atoms with Gasteiger partial charge in [-0.05, 0) is 70.6 Å². The lowest BCUT2D eigenvalue weighted by atomic mass is 9.96. The second kappa shape index (κ2) is 55.6. The molecular weight excluding hydrogens is 1190 g/mol. The van der Waals surface area contributed by atoms with Gasteiger partial charge in [-0.15, -0.1) is 0 Å². The molecule has 0 aliphatic carbocycles. The van der Waals surface area contributed by atoms with Crippen LogP contribution in [0.2, 0.25) is 0 Å². The summed E-state index contributed by atoms with van der Waals surface area (Å²) in [5.74, 6) is -0.292. The van der Waals surface area contributed by atoms with Gasteiger partial charge in [0, 0.05) is 6.42 Å². The summed E-state index contributed by atoms with van der Waals surface area (Å²) in [6.07, 6.45) is 41.0. The van der Waals surface area contributed by atoms with Crippen LogP contribution in [0, 0.1) is 0 Å². The third kappa shape index (κ3) is 37.0. The van der Waals surface area contributed by atoms with E-state index in [2.05, 4.69) is 55.6 Å². The number of ether oxygens (including phenoxy) is 6. The van der Waals surface area contributed by atoms with Gasteiger partial charge >= 0.3 is 0 Å². The van der Waals surface area contributed by atoms with Crippen molar-refractivity contribution in [3.05, 3.63) is 48.6 Å². The minimum Gasteiger partial charge on any atom is -0.394 e. The van der Waals surface area contributed by atoms with Gasteiger partial charge in [-0.25, -0.2) is 0 Å². The Kier molecular flexibility index (Phi) is 50.8. The number of rotatable bonds is 58. The first-order chi connectivity index (χ1) is 45.3. The van der Waals surface area contributed by atoms with Crippen molar-refractivity contribution in [3.63, 3.8) is 0 Å². The number of hydrogen-bond acceptors (Lipinski definition) is 18. The fourth-order valence-electron chi connectivity index (χ4n) is 12.5. The zero-order chi connectivity index (χ0) is 67.5. The molecule has 17 atom stereocenters. The van der Waals surface area contributed by atoms with Crippen LogP contribution in [0.25, 0.3) is 0 Å². The molecule has 3 saturated heterocycles. The maximum absolute atomic E-state index is 13.4. The number of aliphatic hydroxyl groups excluding tert-OH is 11. The number of aliphatic hydroxyl groups is 11. The van der Waals surface area contributed by atoms with Crippen LogP contribution in [-0.4, -0.2) is 193 Å². The quantitative estimate of drug-likeness (QED) is 0.0199. The summed E-state index contributed by atoms with van der Waals surface area (Å²) in [5.41, 5.74) is 0. The summed E-state index contributed by atoms with van der Waals surface area (Å²) >= 11 is 0. The molecule has 544 valence electrons. The third-order valence-electron chi connectivity index (χ3n) is 18.6. The molecule has 12 N–H and O–H groups in total. The first-order valence-corrected chi connectivity index (χ1v) is 37.4. The molecule has 3 aliphatic rings. The van der Waals surface area contributed by atoms with Crippen LogP contribution in [0.1, 0.15) is 284 Å². The second-order valence-electron chi connectivity index (χ2n) is 26.7. The maximum atomic E-state index is 13.4. The zero-order valence-corrected chi connectivity index (χ0v) is 57.7. The Hall–Kier alpha value is -2.25. The van der Waals surface area contributed by atoms with Gasteiger partial charge in [-0.3, -0.25) is 4.79 Å². The normalized spacial score (nSPS) is 27.8. The van der Waals surface area contributed by atoms with Crippen LogP contribution in [-0.2, 0) is 33.2 Å². The maximum Gasteiger partial charge on any atom is 0.220 e. The van der Waals surface area contributed by atoms with E-state index in [0.29, 0.717) is 12.8 Å². The Morgan fingerprint density at radius 3 is 1.08 bits per heavy atom. The highest BCUT2D eigenvalue weighted by molar-refractivity contribution is 5.76. The Morgan fingerprint density at radius 1 is 0.376 bits per heavy atom. The largest absolute Gasteiger partial charge is 0.394 e. The highest BCUT2D eigenvalue weighted by Crippen LogP contribution is 2.33. The summed E-state index contributed by atoms with van der Waals surface area (Å²) in [7, 11) is 0. The number of carbonyl (C=O) groups excluding carboxylic acids is 1. The number of hydrogen-bond donors (Lipinski definition) is 12. The molecule has 17 unspecified atom stereocenters. The van der Waals surface area contributed by atoms with E-state index in [-0.39, 0.29) is 18.9 Å². The van der Waals surface area contributed by atoms with E-state index in [4.69, 9.17) is 28.4 Å². The molecule has 0 aromatic carbocycles. The topological polar surface area (TPSA) is 307 Å². The van der Waals surface area contributed by atoms with Crippen LogP contribution in [0.3, 0.4) is 0 Å². The van der Waals surface area contributed by atoms with Gasteiger partial charge in [0.05, 0.1) is 38.6 Å². The van der Waals surface area contributed by atoms with Crippen LogP contribution in [0.15, 0.2) is 48.6 Å². The van der Waals surface area contributed by atoms with E-state index in [1.54, 1.807) is 6.08 Å². The SMILES string of the molecule is CCCCCCCCC/C=C\CCCCCCCCCC(=O)NC(COC1OC(CO)C(OC2OC(CO)C(OC3OC(CO)C(O)C(O)C3O)C(O)C2O)C(O)C1O)C(O)/C=C/CC/C=C/CC/C=C/CCCCCCCCCCCCCCCCCCCCCC. The van der Waals surface area contributed by atoms with Gasteiger partial charge in [0.15, 0.2) is 18.9 Å². The van der Waals surface area contributed by atoms with Gasteiger partial charge in [0.1, 0.15) is 73.2 Å². The molecule has 3 heterocycles. The second-order valence-corrected chi connectivity index (χ2v) is 26.7. The monoisotopic (exact) mass is 1330 g/mol. The van der Waals surface area contributed by atoms with E-state index in [0.717, 1.165) is 57.8 Å². The number of carbonyl (C=O) groups is 1. The predicted molar refractivity (Wildman–Crippen MR) is 365 cm³/mol. The van der Waals surface area contributed by atoms with Crippen molar-refractivity contribution in [2.45, 2.75) is 388 Å². The van der Waals surface area contributed by atoms with Crippen molar-refractivity contribution in [1.29, 1.82) is 0 Å². The summed E-state index contributed by atoms with van der Waals surface area (Å²) in [6.45, 7) is 1.73. The Labute approximate surface area is 561 Å². The molecule has 0 radical (unpaired) electrons. The number of nitrogens with one attached hydrogen (secondary N) is 1. The fourth-order valence-corrected chi connectivity index (χ4v) is 12.5. The standard InChI is InChI=1S/C74H135NO18/c1-3-5-7-9-11-13-15-17-19-21-23-24-25-26-27-28-29-30-31-32-33-34-35-37-39-41-43-45-47-49-51-58(79)57(75-62(80)52-50-48-46-44-42-40-38-36-22-20-18-16-14-12-10-8-6-4-2)56-88-72-68(86)65(83)70(60(54-77)90-72)93-74-69(87)66(84)71(61(55-78)91-74)92-73-67(85)64(82)63(81)59(53-76)89-73/h20,22,34-35,41,43,49,51,57-61,63-74,76-79,81-87H,3-19,21,23-33,36-40,42,44-48,50,52-56H2,1-2H3,(H,75,80)/b22-20-,35-34+,43-41+,51-49+. The molecule has 19 heteroatoms. The van der Waals surface area contributed by atoms with E-state index >= 15 is 0 Å². The summed E-state index contributed by atoms with van der Waals surface area (Å²) in [6, 6.07) is -1.00. The number of allylic oxidation sites excluding steroid dienone is 7. The minimum absolute atomic E-state index is 0.227. The van der Waals surface area contributed by atoms with Crippen molar-refractivity contribution < 1.29 is 89.4 Å². The van der Waals surface area contributed by atoms with Crippen molar-refractivity contribution in [2.75, 3.05) is 26.4 Å². The van der Waals surface area contributed by atoms with Gasteiger partial charge < -0.3 is 89.9 Å². The van der Waals surface area contributed by atoms with Crippen LogP contribution >= 0.6 is 0 Å². The highest BCUT2D eigenvalue weighted by atomic mass is 16.8. The molecule has 0 spiro atoms. The molecule has 0 bridgehead atoms. The molecule has 93 heavy (non-hydrogen) atoms. The van der Waals surface area contributed by atoms with E-state index < -0.39 is 124 Å². The average molecular weight is 1330 g/mol. The molecule has 3 fully saturated rings. The van der Waals surface area contributed by atoms with Crippen molar-refractivity contribution in [2.24, 2.45) is 0 Å². The van der Waals surface area contributed by atoms with Crippen LogP contribution < -0.4 is 5.32 Å². The lowest BCUT2D eigenvalue weighted by molar-refractivity contribution is -0.379. The van der Waals surface area contributed by atoms with Crippen LogP contribution in [0.4, 0.5) is 0 Å². The smallest absolute Gasteiger partial charge is 0.220 e. The third-order valence-corrected chi connectivity index (χ3v) is 18.6. The lowest BCUT2D eigenvalue weighted by Crippen LogP contribution is -2.66. The molecule has 19 nitrogen and oxygen atoms in total.